The maximum absolute atomic E-state index is 11.9. The van der Waals surface area contributed by atoms with Crippen LogP contribution in [0.25, 0.3) is 0 Å². The van der Waals surface area contributed by atoms with Crippen LogP contribution >= 0.6 is 0 Å². The summed E-state index contributed by atoms with van der Waals surface area (Å²) < 4.78 is 28.0. The Morgan fingerprint density at radius 1 is 1.28 bits per heavy atom. The molecule has 8 heteroatoms. The van der Waals surface area contributed by atoms with Crippen molar-refractivity contribution >= 4 is 11.6 Å². The number of nitrogens with one attached hydrogen (secondary N) is 2. The van der Waals surface area contributed by atoms with Crippen molar-refractivity contribution in [2.45, 2.75) is 6.61 Å². The number of aromatic amines is 1. The summed E-state index contributed by atoms with van der Waals surface area (Å²) >= 11 is 0. The number of hydrogen-bond donors (Lipinski definition) is 2. The standard InChI is InChI=1S/C10H8F2N4O2/c11-9(12)18-7-3-1-6(2-4-7)14-10-15-8(17)5-13-16-10/h1-5,9H,(H2,14,15,16,17). The van der Waals surface area contributed by atoms with E-state index in [1.54, 1.807) is 0 Å². The van der Waals surface area contributed by atoms with Crippen LogP contribution in [0, 0.1) is 0 Å². The van der Waals surface area contributed by atoms with Crippen LogP contribution in [0.4, 0.5) is 20.4 Å². The van der Waals surface area contributed by atoms with Gasteiger partial charge in [-0.05, 0) is 24.3 Å². The third kappa shape index (κ3) is 3.24. The molecule has 2 N–H and O–H groups in total. The average Bonchev–Trinajstić information content (AvgIpc) is 2.31. The first-order chi connectivity index (χ1) is 8.63. The molecule has 1 aromatic carbocycles. The number of rotatable bonds is 4. The van der Waals surface area contributed by atoms with Crippen molar-refractivity contribution in [2.24, 2.45) is 0 Å². The Morgan fingerprint density at radius 3 is 2.61 bits per heavy atom. The predicted octanol–water partition coefficient (Wildman–Crippen LogP) is 1.51. The molecule has 0 spiro atoms. The van der Waals surface area contributed by atoms with Crippen LogP contribution < -0.4 is 15.6 Å². The van der Waals surface area contributed by atoms with E-state index in [0.29, 0.717) is 5.69 Å². The molecule has 0 unspecified atom stereocenters. The Kier molecular flexibility index (Phi) is 3.46. The zero-order valence-electron chi connectivity index (χ0n) is 8.93. The van der Waals surface area contributed by atoms with E-state index in [1.165, 1.54) is 24.3 Å². The molecule has 0 atom stereocenters. The topological polar surface area (TPSA) is 79.9 Å². The van der Waals surface area contributed by atoms with E-state index in [4.69, 9.17) is 0 Å². The number of alkyl halides is 2. The molecule has 0 saturated carbocycles. The molecule has 0 radical (unpaired) electrons. The van der Waals surface area contributed by atoms with E-state index >= 15 is 0 Å². The number of ether oxygens (including phenoxy) is 1. The van der Waals surface area contributed by atoms with Gasteiger partial charge in [0.05, 0.1) is 0 Å². The van der Waals surface area contributed by atoms with Crippen LogP contribution in [0.3, 0.4) is 0 Å². The third-order valence-electron chi connectivity index (χ3n) is 1.92. The van der Waals surface area contributed by atoms with Crippen LogP contribution in [0.2, 0.25) is 0 Å². The van der Waals surface area contributed by atoms with Gasteiger partial charge >= 0.3 is 6.61 Å². The highest BCUT2D eigenvalue weighted by atomic mass is 19.3. The van der Waals surface area contributed by atoms with Gasteiger partial charge in [0, 0.05) is 5.69 Å². The van der Waals surface area contributed by atoms with Crippen molar-refractivity contribution in [3.63, 3.8) is 0 Å². The summed E-state index contributed by atoms with van der Waals surface area (Å²) in [4.78, 5) is 13.4. The maximum atomic E-state index is 11.9. The highest BCUT2D eigenvalue weighted by Crippen LogP contribution is 2.18. The number of halogens is 2. The molecule has 2 rings (SSSR count). The first-order valence-corrected chi connectivity index (χ1v) is 4.87. The SMILES string of the molecule is O=c1cnnc(Nc2ccc(OC(F)F)cc2)[nH]1. The minimum atomic E-state index is -2.86. The quantitative estimate of drug-likeness (QED) is 0.864. The largest absolute Gasteiger partial charge is 0.435 e. The summed E-state index contributed by atoms with van der Waals surface area (Å²) in [6.45, 7) is -2.86. The minimum Gasteiger partial charge on any atom is -0.435 e. The zero-order chi connectivity index (χ0) is 13.0. The van der Waals surface area contributed by atoms with E-state index < -0.39 is 12.2 Å². The van der Waals surface area contributed by atoms with Gasteiger partial charge in [-0.3, -0.25) is 9.78 Å². The predicted molar refractivity (Wildman–Crippen MR) is 59.0 cm³/mol. The summed E-state index contributed by atoms with van der Waals surface area (Å²) in [6.07, 6.45) is 1.03. The summed E-state index contributed by atoms with van der Waals surface area (Å²) in [5.41, 5.74) is 0.151. The van der Waals surface area contributed by atoms with Gasteiger partial charge < -0.3 is 10.1 Å². The molecule has 1 aromatic heterocycles. The number of nitrogens with zero attached hydrogens (tertiary/aromatic N) is 2. The van der Waals surface area contributed by atoms with Gasteiger partial charge in [0.25, 0.3) is 5.56 Å². The molecule has 0 aliphatic rings. The lowest BCUT2D eigenvalue weighted by Gasteiger charge is -2.06. The second-order valence-electron chi connectivity index (χ2n) is 3.21. The molecule has 0 amide bonds. The number of aromatic nitrogens is 3. The molecule has 0 fully saturated rings. The molecule has 0 bridgehead atoms. The summed E-state index contributed by atoms with van der Waals surface area (Å²) in [7, 11) is 0. The summed E-state index contributed by atoms with van der Waals surface area (Å²) in [5, 5.41) is 9.85. The van der Waals surface area contributed by atoms with Gasteiger partial charge in [-0.25, -0.2) is 0 Å². The van der Waals surface area contributed by atoms with Crippen molar-refractivity contribution in [3.8, 4) is 5.75 Å². The first-order valence-electron chi connectivity index (χ1n) is 4.87. The molecule has 18 heavy (non-hydrogen) atoms. The van der Waals surface area contributed by atoms with E-state index in [1.807, 2.05) is 0 Å². The van der Waals surface area contributed by atoms with Crippen LogP contribution in [-0.4, -0.2) is 21.8 Å². The zero-order valence-corrected chi connectivity index (χ0v) is 8.93. The average molecular weight is 254 g/mol. The minimum absolute atomic E-state index is 0.0446. The molecular weight excluding hydrogens is 246 g/mol. The molecular formula is C10H8F2N4O2. The van der Waals surface area contributed by atoms with Crippen molar-refractivity contribution in [3.05, 3.63) is 40.8 Å². The lowest BCUT2D eigenvalue weighted by Crippen LogP contribution is -2.10. The molecule has 6 nitrogen and oxygen atoms in total. The highest BCUT2D eigenvalue weighted by Gasteiger charge is 2.04. The number of anilines is 2. The Morgan fingerprint density at radius 2 is 2.00 bits per heavy atom. The second kappa shape index (κ2) is 5.21. The Labute approximate surface area is 99.6 Å². The Bertz CT molecular complexity index is 571. The molecule has 1 heterocycles. The van der Waals surface area contributed by atoms with Crippen LogP contribution in [0.1, 0.15) is 0 Å². The van der Waals surface area contributed by atoms with Gasteiger partial charge in [0.15, 0.2) is 0 Å². The maximum Gasteiger partial charge on any atom is 0.387 e. The van der Waals surface area contributed by atoms with Gasteiger partial charge in [-0.15, -0.1) is 10.2 Å². The normalized spacial score (nSPS) is 10.4. The first kappa shape index (κ1) is 12.0. The van der Waals surface area contributed by atoms with Crippen molar-refractivity contribution in [1.29, 1.82) is 0 Å². The molecule has 0 aliphatic heterocycles. The second-order valence-corrected chi connectivity index (χ2v) is 3.21. The molecule has 2 aromatic rings. The summed E-state index contributed by atoms with van der Waals surface area (Å²) in [6, 6.07) is 5.74. The smallest absolute Gasteiger partial charge is 0.387 e. The Balaban J connectivity index is 2.08. The summed E-state index contributed by atoms with van der Waals surface area (Å²) in [5.74, 6) is 0.202. The fourth-order valence-electron chi connectivity index (χ4n) is 1.23. The number of H-pyrrole nitrogens is 1. The van der Waals surface area contributed by atoms with Gasteiger partial charge in [0.2, 0.25) is 5.95 Å². The third-order valence-corrected chi connectivity index (χ3v) is 1.92. The number of hydrogen-bond acceptors (Lipinski definition) is 5. The monoisotopic (exact) mass is 254 g/mol. The van der Waals surface area contributed by atoms with Gasteiger partial charge in [-0.1, -0.05) is 0 Å². The van der Waals surface area contributed by atoms with E-state index in [0.717, 1.165) is 6.20 Å². The van der Waals surface area contributed by atoms with Crippen LogP contribution in [-0.2, 0) is 0 Å². The molecule has 94 valence electrons. The highest BCUT2D eigenvalue weighted by molar-refractivity contribution is 5.53. The van der Waals surface area contributed by atoms with Gasteiger partial charge in [0.1, 0.15) is 11.9 Å². The fraction of sp³-hybridized carbons (Fsp3) is 0.100. The lowest BCUT2D eigenvalue weighted by atomic mass is 10.3. The molecule has 0 saturated heterocycles. The Hall–Kier alpha value is -2.51. The van der Waals surface area contributed by atoms with Crippen LogP contribution in [0.5, 0.6) is 5.75 Å². The van der Waals surface area contributed by atoms with Crippen molar-refractivity contribution in [2.75, 3.05) is 5.32 Å². The number of benzene rings is 1. The van der Waals surface area contributed by atoms with Crippen molar-refractivity contribution in [1.82, 2.24) is 15.2 Å². The van der Waals surface area contributed by atoms with Crippen LogP contribution in [0.15, 0.2) is 35.3 Å². The van der Waals surface area contributed by atoms with Crippen molar-refractivity contribution < 1.29 is 13.5 Å². The fourth-order valence-corrected chi connectivity index (χ4v) is 1.23. The lowest BCUT2D eigenvalue weighted by molar-refractivity contribution is -0.0498. The van der Waals surface area contributed by atoms with Gasteiger partial charge in [-0.2, -0.15) is 8.78 Å². The molecule has 0 aliphatic carbocycles. The van der Waals surface area contributed by atoms with E-state index in [9.17, 15) is 13.6 Å². The van der Waals surface area contributed by atoms with E-state index in [2.05, 4.69) is 25.2 Å². The van der Waals surface area contributed by atoms with E-state index in [-0.39, 0.29) is 11.7 Å².